The Bertz CT molecular complexity index is 473. The van der Waals surface area contributed by atoms with Gasteiger partial charge in [0.05, 0.1) is 0 Å². The van der Waals surface area contributed by atoms with Crippen LogP contribution in [-0.2, 0) is 11.3 Å². The first-order valence-electron chi connectivity index (χ1n) is 6.23. The van der Waals surface area contributed by atoms with Crippen LogP contribution in [0.4, 0.5) is 0 Å². The van der Waals surface area contributed by atoms with Crippen molar-refractivity contribution in [2.75, 3.05) is 13.2 Å². The minimum atomic E-state index is 0.506. The van der Waals surface area contributed by atoms with Crippen LogP contribution < -0.4 is 5.73 Å². The Kier molecular flexibility index (Phi) is 4.56. The summed E-state index contributed by atoms with van der Waals surface area (Å²) in [6.07, 6.45) is 0.880. The molecule has 2 aromatic rings. The summed E-state index contributed by atoms with van der Waals surface area (Å²) in [5.41, 5.74) is 7.73. The second-order valence-corrected chi connectivity index (χ2v) is 4.33. The molecule has 0 atom stereocenters. The van der Waals surface area contributed by atoms with E-state index in [4.69, 9.17) is 14.9 Å². The van der Waals surface area contributed by atoms with E-state index in [2.05, 4.69) is 31.2 Å². The van der Waals surface area contributed by atoms with E-state index in [1.807, 2.05) is 12.1 Å². The first kappa shape index (κ1) is 12.9. The van der Waals surface area contributed by atoms with Crippen molar-refractivity contribution in [3.05, 3.63) is 47.7 Å². The number of hydrogen-bond donors (Lipinski definition) is 1. The Hall–Kier alpha value is -1.58. The minimum absolute atomic E-state index is 0.506. The van der Waals surface area contributed by atoms with E-state index in [9.17, 15) is 0 Å². The number of nitrogens with two attached hydrogens (primary N) is 1. The highest BCUT2D eigenvalue weighted by Gasteiger charge is 2.04. The molecule has 0 fully saturated rings. The summed E-state index contributed by atoms with van der Waals surface area (Å²) in [4.78, 5) is 0. The van der Waals surface area contributed by atoms with E-state index in [1.165, 1.54) is 5.56 Å². The highest BCUT2D eigenvalue weighted by molar-refractivity contribution is 5.57. The van der Waals surface area contributed by atoms with Gasteiger partial charge in [-0.05, 0) is 32.0 Å². The Morgan fingerprint density at radius 2 is 1.89 bits per heavy atom. The fraction of sp³-hybridized carbons (Fsp3) is 0.333. The smallest absolute Gasteiger partial charge is 0.134 e. The number of ether oxygens (including phenoxy) is 1. The van der Waals surface area contributed by atoms with Gasteiger partial charge in [0.15, 0.2) is 0 Å². The monoisotopic (exact) mass is 245 g/mol. The van der Waals surface area contributed by atoms with Crippen molar-refractivity contribution in [3.63, 3.8) is 0 Å². The van der Waals surface area contributed by atoms with Gasteiger partial charge < -0.3 is 14.9 Å². The van der Waals surface area contributed by atoms with Gasteiger partial charge in [-0.3, -0.25) is 0 Å². The summed E-state index contributed by atoms with van der Waals surface area (Å²) < 4.78 is 11.2. The standard InChI is InChI=1S/C15H19NO2/c1-12-3-5-13(6-4-12)15-8-7-14(18-15)11-17-10-2-9-16/h3-8H,2,9-11,16H2,1H3. The SMILES string of the molecule is Cc1ccc(-c2ccc(COCCCN)o2)cc1. The molecule has 3 nitrogen and oxygen atoms in total. The maximum absolute atomic E-state index is 5.73. The molecule has 0 radical (unpaired) electrons. The molecule has 0 aliphatic carbocycles. The Labute approximate surface area is 108 Å². The van der Waals surface area contributed by atoms with Gasteiger partial charge in [-0.1, -0.05) is 29.8 Å². The zero-order valence-electron chi connectivity index (χ0n) is 10.7. The van der Waals surface area contributed by atoms with Crippen LogP contribution in [0.25, 0.3) is 11.3 Å². The van der Waals surface area contributed by atoms with Gasteiger partial charge in [-0.25, -0.2) is 0 Å². The highest BCUT2D eigenvalue weighted by atomic mass is 16.5. The third-order valence-electron chi connectivity index (χ3n) is 2.73. The molecular weight excluding hydrogens is 226 g/mol. The molecule has 0 bridgehead atoms. The van der Waals surface area contributed by atoms with E-state index in [-0.39, 0.29) is 0 Å². The predicted octanol–water partition coefficient (Wildman–Crippen LogP) is 3.12. The number of aryl methyl sites for hydroxylation is 1. The maximum atomic E-state index is 5.73. The lowest BCUT2D eigenvalue weighted by molar-refractivity contribution is 0.106. The van der Waals surface area contributed by atoms with Crippen molar-refractivity contribution in [3.8, 4) is 11.3 Å². The van der Waals surface area contributed by atoms with Crippen LogP contribution in [-0.4, -0.2) is 13.2 Å². The summed E-state index contributed by atoms with van der Waals surface area (Å²) in [5.74, 6) is 1.73. The summed E-state index contributed by atoms with van der Waals surface area (Å²) in [5, 5.41) is 0. The van der Waals surface area contributed by atoms with Crippen molar-refractivity contribution in [2.45, 2.75) is 20.0 Å². The van der Waals surface area contributed by atoms with Crippen LogP contribution in [0.5, 0.6) is 0 Å². The van der Waals surface area contributed by atoms with Crippen LogP contribution in [0.3, 0.4) is 0 Å². The van der Waals surface area contributed by atoms with Gasteiger partial charge in [0.1, 0.15) is 18.1 Å². The topological polar surface area (TPSA) is 48.4 Å². The second kappa shape index (κ2) is 6.38. The average Bonchev–Trinajstić information content (AvgIpc) is 2.84. The zero-order chi connectivity index (χ0) is 12.8. The third-order valence-corrected chi connectivity index (χ3v) is 2.73. The number of rotatable bonds is 6. The first-order valence-corrected chi connectivity index (χ1v) is 6.23. The zero-order valence-corrected chi connectivity index (χ0v) is 10.7. The van der Waals surface area contributed by atoms with E-state index in [0.29, 0.717) is 19.8 Å². The quantitative estimate of drug-likeness (QED) is 0.795. The molecule has 0 aliphatic heterocycles. The molecular formula is C15H19NO2. The molecule has 96 valence electrons. The fourth-order valence-corrected chi connectivity index (χ4v) is 1.69. The molecule has 18 heavy (non-hydrogen) atoms. The average molecular weight is 245 g/mol. The Morgan fingerprint density at radius 3 is 2.61 bits per heavy atom. The van der Waals surface area contributed by atoms with Gasteiger partial charge in [0.2, 0.25) is 0 Å². The third kappa shape index (κ3) is 3.45. The van der Waals surface area contributed by atoms with Crippen LogP contribution in [0, 0.1) is 6.92 Å². The molecule has 3 heteroatoms. The fourth-order valence-electron chi connectivity index (χ4n) is 1.69. The number of furan rings is 1. The molecule has 0 amide bonds. The van der Waals surface area contributed by atoms with E-state index < -0.39 is 0 Å². The first-order chi connectivity index (χ1) is 8.79. The number of benzene rings is 1. The largest absolute Gasteiger partial charge is 0.459 e. The van der Waals surface area contributed by atoms with Gasteiger partial charge in [-0.2, -0.15) is 0 Å². The van der Waals surface area contributed by atoms with Gasteiger partial charge in [0.25, 0.3) is 0 Å². The van der Waals surface area contributed by atoms with Crippen LogP contribution >= 0.6 is 0 Å². The summed E-state index contributed by atoms with van der Waals surface area (Å²) in [7, 11) is 0. The van der Waals surface area contributed by atoms with Gasteiger partial charge in [0, 0.05) is 12.2 Å². The molecule has 0 aliphatic rings. The summed E-state index contributed by atoms with van der Waals surface area (Å²) in [6, 6.07) is 12.2. The van der Waals surface area contributed by atoms with Crippen molar-refractivity contribution >= 4 is 0 Å². The Morgan fingerprint density at radius 1 is 1.11 bits per heavy atom. The van der Waals surface area contributed by atoms with Gasteiger partial charge in [-0.15, -0.1) is 0 Å². The van der Waals surface area contributed by atoms with Gasteiger partial charge >= 0.3 is 0 Å². The molecule has 0 unspecified atom stereocenters. The minimum Gasteiger partial charge on any atom is -0.459 e. The van der Waals surface area contributed by atoms with E-state index in [1.54, 1.807) is 0 Å². The van der Waals surface area contributed by atoms with Crippen molar-refractivity contribution in [2.24, 2.45) is 5.73 Å². The maximum Gasteiger partial charge on any atom is 0.134 e. The van der Waals surface area contributed by atoms with Crippen molar-refractivity contribution < 1.29 is 9.15 Å². The molecule has 1 aromatic carbocycles. The highest BCUT2D eigenvalue weighted by Crippen LogP contribution is 2.22. The molecule has 0 saturated heterocycles. The lowest BCUT2D eigenvalue weighted by Gasteiger charge is -2.01. The lowest BCUT2D eigenvalue weighted by atomic mass is 10.1. The molecule has 0 spiro atoms. The number of hydrogen-bond acceptors (Lipinski definition) is 3. The Balaban J connectivity index is 1.95. The molecule has 2 rings (SSSR count). The van der Waals surface area contributed by atoms with Crippen LogP contribution in [0.1, 0.15) is 17.7 Å². The normalized spacial score (nSPS) is 10.8. The van der Waals surface area contributed by atoms with E-state index >= 15 is 0 Å². The van der Waals surface area contributed by atoms with Crippen LogP contribution in [0.2, 0.25) is 0 Å². The van der Waals surface area contributed by atoms with Crippen LogP contribution in [0.15, 0.2) is 40.8 Å². The van der Waals surface area contributed by atoms with E-state index in [0.717, 1.165) is 23.5 Å². The molecule has 0 saturated carbocycles. The summed E-state index contributed by atoms with van der Waals surface area (Å²) in [6.45, 7) is 3.92. The molecule has 1 aromatic heterocycles. The second-order valence-electron chi connectivity index (χ2n) is 4.33. The summed E-state index contributed by atoms with van der Waals surface area (Å²) >= 11 is 0. The van der Waals surface area contributed by atoms with Crippen molar-refractivity contribution in [1.82, 2.24) is 0 Å². The van der Waals surface area contributed by atoms with Crippen molar-refractivity contribution in [1.29, 1.82) is 0 Å². The lowest BCUT2D eigenvalue weighted by Crippen LogP contribution is -2.03. The predicted molar refractivity (Wildman–Crippen MR) is 72.2 cm³/mol. The molecule has 1 heterocycles. The molecule has 2 N–H and O–H groups in total.